The Morgan fingerprint density at radius 1 is 1.11 bits per heavy atom. The molecule has 1 unspecified atom stereocenters. The molecule has 1 aromatic rings. The minimum absolute atomic E-state index is 0.0991. The van der Waals surface area contributed by atoms with Crippen LogP contribution in [0.15, 0.2) is 18.2 Å². The summed E-state index contributed by atoms with van der Waals surface area (Å²) >= 11 is 0. The maximum Gasteiger partial charge on any atom is 0.214 e. The van der Waals surface area contributed by atoms with Crippen LogP contribution < -0.4 is 19.5 Å². The number of nitrogens with one attached hydrogen (secondary N) is 2. The molecular weight excluding hydrogens is 376 g/mol. The smallest absolute Gasteiger partial charge is 0.214 e. The quantitative estimate of drug-likeness (QED) is 0.546. The predicted molar refractivity (Wildman–Crippen MR) is 114 cm³/mol. The number of methoxy groups -OCH3 is 2. The van der Waals surface area contributed by atoms with Gasteiger partial charge in [0.15, 0.2) is 11.5 Å². The van der Waals surface area contributed by atoms with E-state index in [9.17, 15) is 8.42 Å². The van der Waals surface area contributed by atoms with E-state index in [1.807, 2.05) is 19.1 Å². The number of hydrogen-bond acceptors (Lipinski definition) is 5. The monoisotopic (exact) mass is 412 g/mol. The fourth-order valence-corrected chi connectivity index (χ4v) is 5.00. The van der Waals surface area contributed by atoms with Crippen molar-refractivity contribution in [3.63, 3.8) is 0 Å². The third kappa shape index (κ3) is 6.64. The molecular formula is C21H36N2O4S. The maximum atomic E-state index is 12.2. The van der Waals surface area contributed by atoms with Crippen LogP contribution in [-0.2, 0) is 16.4 Å². The molecule has 7 heteroatoms. The third-order valence-electron chi connectivity index (χ3n) is 5.75. The molecule has 160 valence electrons. The zero-order chi connectivity index (χ0) is 20.6. The second-order valence-electron chi connectivity index (χ2n) is 7.74. The normalized spacial score (nSPS) is 21.3. The van der Waals surface area contributed by atoms with E-state index in [0.717, 1.165) is 56.7 Å². The van der Waals surface area contributed by atoms with E-state index >= 15 is 0 Å². The summed E-state index contributed by atoms with van der Waals surface area (Å²) in [5.74, 6) is 2.13. The molecule has 0 aliphatic heterocycles. The summed E-state index contributed by atoms with van der Waals surface area (Å²) in [5.41, 5.74) is 1.22. The number of sulfonamides is 1. The molecule has 0 aromatic heterocycles. The molecule has 2 rings (SSSR count). The second-order valence-corrected chi connectivity index (χ2v) is 9.87. The van der Waals surface area contributed by atoms with Crippen LogP contribution in [0.3, 0.4) is 0 Å². The predicted octanol–water partition coefficient (Wildman–Crippen LogP) is 3.11. The van der Waals surface area contributed by atoms with Gasteiger partial charge in [0.1, 0.15) is 0 Å². The van der Waals surface area contributed by atoms with E-state index in [1.54, 1.807) is 21.1 Å². The topological polar surface area (TPSA) is 76.7 Å². The van der Waals surface area contributed by atoms with Crippen LogP contribution in [0.25, 0.3) is 0 Å². The summed E-state index contributed by atoms with van der Waals surface area (Å²) in [7, 11) is 0.119. The Morgan fingerprint density at radius 3 is 2.39 bits per heavy atom. The third-order valence-corrected chi connectivity index (χ3v) is 7.81. The van der Waals surface area contributed by atoms with Gasteiger partial charge in [0.05, 0.1) is 19.5 Å². The van der Waals surface area contributed by atoms with Crippen molar-refractivity contribution in [2.24, 2.45) is 5.92 Å². The van der Waals surface area contributed by atoms with Gasteiger partial charge in [-0.05, 0) is 82.2 Å². The Morgan fingerprint density at radius 2 is 1.79 bits per heavy atom. The fraction of sp³-hybridized carbons (Fsp3) is 0.714. The van der Waals surface area contributed by atoms with Gasteiger partial charge in [-0.3, -0.25) is 0 Å². The van der Waals surface area contributed by atoms with Gasteiger partial charge in [-0.15, -0.1) is 0 Å². The molecule has 2 N–H and O–H groups in total. The minimum Gasteiger partial charge on any atom is -0.493 e. The van der Waals surface area contributed by atoms with Crippen molar-refractivity contribution in [3.8, 4) is 11.5 Å². The average molecular weight is 413 g/mol. The van der Waals surface area contributed by atoms with Crippen molar-refractivity contribution >= 4 is 10.0 Å². The van der Waals surface area contributed by atoms with Crippen LogP contribution in [-0.4, -0.2) is 47.0 Å². The molecule has 0 radical (unpaired) electrons. The van der Waals surface area contributed by atoms with E-state index in [0.29, 0.717) is 12.3 Å². The SMILES string of the molecule is CCC(C)S(=O)(=O)NC1CCC(CNCCc2ccc(OC)c(OC)c2)CC1. The van der Waals surface area contributed by atoms with Crippen LogP contribution in [0, 0.1) is 5.92 Å². The Hall–Kier alpha value is -1.31. The van der Waals surface area contributed by atoms with Gasteiger partial charge < -0.3 is 14.8 Å². The highest BCUT2D eigenvalue weighted by Gasteiger charge is 2.27. The lowest BCUT2D eigenvalue weighted by atomic mass is 9.86. The van der Waals surface area contributed by atoms with E-state index < -0.39 is 10.0 Å². The van der Waals surface area contributed by atoms with Gasteiger partial charge in [0.2, 0.25) is 10.0 Å². The molecule has 0 heterocycles. The van der Waals surface area contributed by atoms with Gasteiger partial charge in [0, 0.05) is 6.04 Å². The maximum absolute atomic E-state index is 12.2. The first-order valence-corrected chi connectivity index (χ1v) is 11.9. The molecule has 0 saturated heterocycles. The van der Waals surface area contributed by atoms with Gasteiger partial charge in [0.25, 0.3) is 0 Å². The van der Waals surface area contributed by atoms with Crippen LogP contribution in [0.2, 0.25) is 0 Å². The van der Waals surface area contributed by atoms with Crippen molar-refractivity contribution in [2.45, 2.75) is 63.7 Å². The summed E-state index contributed by atoms with van der Waals surface area (Å²) in [6.07, 6.45) is 5.57. The highest BCUT2D eigenvalue weighted by molar-refractivity contribution is 7.90. The van der Waals surface area contributed by atoms with Gasteiger partial charge in [-0.1, -0.05) is 13.0 Å². The Kier molecular flexibility index (Phi) is 9.05. The fourth-order valence-electron chi connectivity index (χ4n) is 3.63. The molecule has 1 aliphatic rings. The second kappa shape index (κ2) is 11.0. The lowest BCUT2D eigenvalue weighted by Crippen LogP contribution is -2.42. The molecule has 1 saturated carbocycles. The summed E-state index contributed by atoms with van der Waals surface area (Å²) < 4.78 is 37.9. The largest absolute Gasteiger partial charge is 0.493 e. The lowest BCUT2D eigenvalue weighted by molar-refractivity contribution is 0.303. The van der Waals surface area contributed by atoms with Crippen molar-refractivity contribution in [1.82, 2.24) is 10.0 Å². The van der Waals surface area contributed by atoms with Crippen LogP contribution in [0.1, 0.15) is 51.5 Å². The first kappa shape index (κ1) is 23.0. The molecule has 1 atom stereocenters. The van der Waals surface area contributed by atoms with Crippen molar-refractivity contribution < 1.29 is 17.9 Å². The molecule has 1 fully saturated rings. The van der Waals surface area contributed by atoms with E-state index in [2.05, 4.69) is 16.1 Å². The number of benzene rings is 1. The van der Waals surface area contributed by atoms with E-state index in [4.69, 9.17) is 9.47 Å². The van der Waals surface area contributed by atoms with Crippen LogP contribution in [0.5, 0.6) is 11.5 Å². The average Bonchev–Trinajstić information content (AvgIpc) is 2.71. The standard InChI is InChI=1S/C21H36N2O4S/c1-5-16(2)28(24,25)23-19-9-6-18(7-10-19)15-22-13-12-17-8-11-20(26-3)21(14-17)27-4/h8,11,14,16,18-19,22-23H,5-7,9-10,12-13,15H2,1-4H3. The van der Waals surface area contributed by atoms with Crippen molar-refractivity contribution in [1.29, 1.82) is 0 Å². The molecule has 0 bridgehead atoms. The van der Waals surface area contributed by atoms with Crippen molar-refractivity contribution in [3.05, 3.63) is 23.8 Å². The van der Waals surface area contributed by atoms with E-state index in [-0.39, 0.29) is 11.3 Å². The van der Waals surface area contributed by atoms with E-state index in [1.165, 1.54) is 5.56 Å². The highest BCUT2D eigenvalue weighted by Crippen LogP contribution is 2.28. The molecule has 28 heavy (non-hydrogen) atoms. The van der Waals surface area contributed by atoms with Crippen LogP contribution >= 0.6 is 0 Å². The van der Waals surface area contributed by atoms with Gasteiger partial charge in [-0.25, -0.2) is 13.1 Å². The summed E-state index contributed by atoms with van der Waals surface area (Å²) in [6.45, 7) is 5.58. The minimum atomic E-state index is -3.17. The highest BCUT2D eigenvalue weighted by atomic mass is 32.2. The van der Waals surface area contributed by atoms with Gasteiger partial charge >= 0.3 is 0 Å². The van der Waals surface area contributed by atoms with Crippen LogP contribution in [0.4, 0.5) is 0 Å². The summed E-state index contributed by atoms with van der Waals surface area (Å²) in [5, 5.41) is 3.23. The zero-order valence-electron chi connectivity index (χ0n) is 17.7. The first-order valence-electron chi connectivity index (χ1n) is 10.3. The Labute approximate surface area is 170 Å². The molecule has 0 amide bonds. The van der Waals surface area contributed by atoms with Crippen molar-refractivity contribution in [2.75, 3.05) is 27.3 Å². The Balaban J connectivity index is 1.68. The number of rotatable bonds is 11. The molecule has 6 nitrogen and oxygen atoms in total. The number of hydrogen-bond donors (Lipinski definition) is 2. The zero-order valence-corrected chi connectivity index (χ0v) is 18.5. The number of ether oxygens (including phenoxy) is 2. The Bertz CT molecular complexity index is 700. The summed E-state index contributed by atoms with van der Waals surface area (Å²) in [6, 6.07) is 6.13. The molecule has 1 aliphatic carbocycles. The lowest BCUT2D eigenvalue weighted by Gasteiger charge is -2.30. The molecule has 1 aromatic carbocycles. The first-order chi connectivity index (χ1) is 13.4. The molecule has 0 spiro atoms. The summed E-state index contributed by atoms with van der Waals surface area (Å²) in [4.78, 5) is 0. The van der Waals surface area contributed by atoms with Gasteiger partial charge in [-0.2, -0.15) is 0 Å².